The third-order valence-electron chi connectivity index (χ3n) is 9.18. The number of morpholine rings is 1. The number of aryl methyl sites for hydroxylation is 2. The largest absolute Gasteiger partial charge is 0.478 e. The van der Waals surface area contributed by atoms with Gasteiger partial charge in [-0.15, -0.1) is 0 Å². The van der Waals surface area contributed by atoms with Crippen LogP contribution in [-0.2, 0) is 28.9 Å². The highest BCUT2D eigenvalue weighted by Crippen LogP contribution is 2.27. The lowest BCUT2D eigenvalue weighted by atomic mass is 9.98. The quantitative estimate of drug-likeness (QED) is 0.132. The van der Waals surface area contributed by atoms with Gasteiger partial charge in [0, 0.05) is 43.4 Å². The van der Waals surface area contributed by atoms with Crippen LogP contribution in [0.4, 0.5) is 0 Å². The number of ether oxygens (including phenoxy) is 1. The fourth-order valence-corrected chi connectivity index (χ4v) is 7.42. The molecule has 0 radical (unpaired) electrons. The van der Waals surface area contributed by atoms with E-state index in [9.17, 15) is 19.5 Å². The normalized spacial score (nSPS) is 14.0. The van der Waals surface area contributed by atoms with Gasteiger partial charge >= 0.3 is 5.97 Å². The smallest absolute Gasteiger partial charge is 0.336 e. The van der Waals surface area contributed by atoms with Crippen LogP contribution in [0, 0.1) is 6.92 Å². The number of benzene rings is 4. The van der Waals surface area contributed by atoms with Crippen molar-refractivity contribution >= 4 is 39.8 Å². The molecule has 2 N–H and O–H groups in total. The number of hydrogen-bond donors (Lipinski definition) is 2. The van der Waals surface area contributed by atoms with Gasteiger partial charge in [0.1, 0.15) is 5.82 Å². The number of imidazole rings is 1. The average molecular weight is 705 g/mol. The minimum Gasteiger partial charge on any atom is -0.478 e. The molecule has 1 aliphatic heterocycles. The molecule has 1 aliphatic rings. The first-order valence-electron chi connectivity index (χ1n) is 17.5. The summed E-state index contributed by atoms with van der Waals surface area (Å²) < 4.78 is 7.60. The highest BCUT2D eigenvalue weighted by Gasteiger charge is 2.22. The van der Waals surface area contributed by atoms with Crippen LogP contribution in [0.5, 0.6) is 0 Å². The number of carboxylic acids is 1. The predicted octanol–water partition coefficient (Wildman–Crippen LogP) is 6.64. The molecule has 1 atom stereocenters. The van der Waals surface area contributed by atoms with Crippen LogP contribution in [0.15, 0.2) is 91.0 Å². The number of fused-ring (bicyclic) bond motifs is 1. The molecular formula is C41H44N4O5S. The Labute approximate surface area is 303 Å². The number of amides is 1. The fraction of sp³-hybridized carbons (Fsp3) is 0.317. The minimum absolute atomic E-state index is 0.0907. The van der Waals surface area contributed by atoms with Crippen LogP contribution in [0.2, 0.25) is 0 Å². The van der Waals surface area contributed by atoms with Gasteiger partial charge in [-0.25, -0.2) is 9.78 Å². The molecule has 4 aromatic carbocycles. The Morgan fingerprint density at radius 3 is 2.39 bits per heavy atom. The SMILES string of the molecule is CCCc1nc2c(C)cc(C(=O)NC(CSC(=O)CN3CCOCC3)Cc3ccccc3)cc2n1Cc1ccc(-c2ccccc2C(=O)O)cc1. The van der Waals surface area contributed by atoms with Gasteiger partial charge in [0.15, 0.2) is 0 Å². The Balaban J connectivity index is 1.23. The van der Waals surface area contributed by atoms with Crippen molar-refractivity contribution < 1.29 is 24.2 Å². The second-order valence-electron chi connectivity index (χ2n) is 13.0. The van der Waals surface area contributed by atoms with Crippen LogP contribution in [0.1, 0.15) is 56.6 Å². The van der Waals surface area contributed by atoms with Gasteiger partial charge in [0.2, 0.25) is 5.12 Å². The zero-order valence-corrected chi connectivity index (χ0v) is 30.0. The molecule has 6 rings (SSSR count). The summed E-state index contributed by atoms with van der Waals surface area (Å²) in [4.78, 5) is 45.8. The summed E-state index contributed by atoms with van der Waals surface area (Å²) in [5.74, 6) is 0.275. The molecule has 1 unspecified atom stereocenters. The van der Waals surface area contributed by atoms with E-state index >= 15 is 0 Å². The van der Waals surface area contributed by atoms with E-state index in [2.05, 4.69) is 21.7 Å². The zero-order valence-electron chi connectivity index (χ0n) is 29.1. The molecule has 9 nitrogen and oxygen atoms in total. The van der Waals surface area contributed by atoms with Gasteiger partial charge in [-0.1, -0.05) is 91.5 Å². The number of nitrogens with zero attached hydrogens (tertiary/aromatic N) is 3. The number of nitrogens with one attached hydrogen (secondary N) is 1. The molecule has 0 bridgehead atoms. The maximum Gasteiger partial charge on any atom is 0.336 e. The van der Waals surface area contributed by atoms with E-state index in [1.54, 1.807) is 12.1 Å². The van der Waals surface area contributed by atoms with Gasteiger partial charge in [-0.3, -0.25) is 14.5 Å². The number of carboxylic acid groups (broad SMARTS) is 1. The first-order chi connectivity index (χ1) is 24.8. The summed E-state index contributed by atoms with van der Waals surface area (Å²) in [5, 5.41) is 13.0. The zero-order chi connectivity index (χ0) is 35.7. The number of thioether (sulfide) groups is 1. The van der Waals surface area contributed by atoms with E-state index in [0.29, 0.717) is 49.6 Å². The first kappa shape index (κ1) is 36.0. The average Bonchev–Trinajstić information content (AvgIpc) is 3.48. The van der Waals surface area contributed by atoms with E-state index in [1.807, 2.05) is 85.8 Å². The van der Waals surface area contributed by atoms with Gasteiger partial charge in [0.25, 0.3) is 5.91 Å². The molecule has 51 heavy (non-hydrogen) atoms. The number of hydrogen-bond acceptors (Lipinski definition) is 7. The summed E-state index contributed by atoms with van der Waals surface area (Å²) in [6, 6.07) is 28.6. The van der Waals surface area contributed by atoms with Crippen molar-refractivity contribution in [2.24, 2.45) is 0 Å². The van der Waals surface area contributed by atoms with Gasteiger partial charge in [-0.2, -0.15) is 0 Å². The molecular weight excluding hydrogens is 661 g/mol. The first-order valence-corrected chi connectivity index (χ1v) is 18.5. The van der Waals surface area contributed by atoms with Crippen LogP contribution < -0.4 is 5.32 Å². The molecule has 1 aromatic heterocycles. The number of carbonyl (C=O) groups excluding carboxylic acids is 2. The van der Waals surface area contributed by atoms with E-state index in [4.69, 9.17) is 9.72 Å². The van der Waals surface area contributed by atoms with Crippen molar-refractivity contribution in [1.29, 1.82) is 0 Å². The Kier molecular flexibility index (Phi) is 12.0. The van der Waals surface area contributed by atoms with Crippen molar-refractivity contribution in [3.8, 4) is 11.1 Å². The molecule has 1 amide bonds. The Hall–Kier alpha value is -4.77. The number of carbonyl (C=O) groups is 3. The van der Waals surface area contributed by atoms with Crippen molar-refractivity contribution in [3.05, 3.63) is 125 Å². The Morgan fingerprint density at radius 1 is 0.941 bits per heavy atom. The molecule has 0 spiro atoms. The van der Waals surface area contributed by atoms with E-state index in [1.165, 1.54) is 11.8 Å². The van der Waals surface area contributed by atoms with E-state index in [0.717, 1.165) is 65.0 Å². The number of aromatic carboxylic acids is 1. The molecule has 0 saturated carbocycles. The molecule has 0 aliphatic carbocycles. The summed E-state index contributed by atoms with van der Waals surface area (Å²) in [6.45, 7) is 7.83. The lowest BCUT2D eigenvalue weighted by Crippen LogP contribution is -2.40. The molecule has 264 valence electrons. The van der Waals surface area contributed by atoms with E-state index < -0.39 is 5.97 Å². The van der Waals surface area contributed by atoms with Crippen molar-refractivity contribution in [2.75, 3.05) is 38.6 Å². The number of rotatable bonds is 14. The Bertz CT molecular complexity index is 1990. The molecule has 1 fully saturated rings. The third-order valence-corrected chi connectivity index (χ3v) is 10.2. The lowest BCUT2D eigenvalue weighted by Gasteiger charge is -2.26. The minimum atomic E-state index is -0.957. The van der Waals surface area contributed by atoms with E-state index in [-0.39, 0.29) is 22.6 Å². The fourth-order valence-electron chi connectivity index (χ4n) is 6.56. The second-order valence-corrected chi connectivity index (χ2v) is 14.1. The second kappa shape index (κ2) is 17.0. The molecule has 2 heterocycles. The van der Waals surface area contributed by atoms with Crippen LogP contribution in [0.3, 0.4) is 0 Å². The predicted molar refractivity (Wildman–Crippen MR) is 203 cm³/mol. The van der Waals surface area contributed by atoms with Crippen molar-refractivity contribution in [2.45, 2.75) is 45.7 Å². The molecule has 10 heteroatoms. The highest BCUT2D eigenvalue weighted by molar-refractivity contribution is 8.13. The lowest BCUT2D eigenvalue weighted by molar-refractivity contribution is -0.113. The monoisotopic (exact) mass is 704 g/mol. The van der Waals surface area contributed by atoms with Crippen LogP contribution >= 0.6 is 11.8 Å². The van der Waals surface area contributed by atoms with Crippen LogP contribution in [-0.4, -0.2) is 81.2 Å². The van der Waals surface area contributed by atoms with Crippen LogP contribution in [0.25, 0.3) is 22.2 Å². The number of aromatic nitrogens is 2. The third kappa shape index (κ3) is 9.13. The van der Waals surface area contributed by atoms with Gasteiger partial charge in [-0.05, 0) is 65.8 Å². The maximum absolute atomic E-state index is 14.0. The summed E-state index contributed by atoms with van der Waals surface area (Å²) in [6.07, 6.45) is 2.31. The topological polar surface area (TPSA) is 114 Å². The standard InChI is InChI=1S/C41H44N4O5S/c1-3-9-37-43-39-28(2)22-32(24-36(39)45(37)25-30-14-16-31(17-15-30)34-12-7-8-13-35(34)41(48)49)40(47)42-33(23-29-10-5-4-6-11-29)27-51-38(46)26-44-18-20-50-21-19-44/h4-8,10-17,22,24,33H,3,9,18-21,23,25-27H2,1-2H3,(H,42,47)(H,48,49). The van der Waals surface area contributed by atoms with Gasteiger partial charge < -0.3 is 19.7 Å². The highest BCUT2D eigenvalue weighted by atomic mass is 32.2. The van der Waals surface area contributed by atoms with Gasteiger partial charge in [0.05, 0.1) is 36.4 Å². The Morgan fingerprint density at radius 2 is 1.67 bits per heavy atom. The van der Waals surface area contributed by atoms with Crippen molar-refractivity contribution in [1.82, 2.24) is 19.8 Å². The summed E-state index contributed by atoms with van der Waals surface area (Å²) >= 11 is 1.28. The van der Waals surface area contributed by atoms with Crippen molar-refractivity contribution in [3.63, 3.8) is 0 Å². The molecule has 1 saturated heterocycles. The summed E-state index contributed by atoms with van der Waals surface area (Å²) in [5.41, 5.74) is 7.13. The molecule has 5 aromatic rings. The summed E-state index contributed by atoms with van der Waals surface area (Å²) in [7, 11) is 0. The maximum atomic E-state index is 14.0.